The lowest BCUT2D eigenvalue weighted by Crippen LogP contribution is -2.34. The van der Waals surface area contributed by atoms with Crippen molar-refractivity contribution in [2.24, 2.45) is 0 Å². The zero-order chi connectivity index (χ0) is 24.5. The second kappa shape index (κ2) is 9.23. The second-order valence-electron chi connectivity index (χ2n) is 8.54. The fraction of sp³-hybridized carbons (Fsp3) is 0.222. The highest BCUT2D eigenvalue weighted by Crippen LogP contribution is 2.43. The molecule has 0 saturated carbocycles. The van der Waals surface area contributed by atoms with Gasteiger partial charge in [0.25, 0.3) is 5.69 Å². The van der Waals surface area contributed by atoms with Crippen LogP contribution in [0.3, 0.4) is 0 Å². The van der Waals surface area contributed by atoms with E-state index in [0.29, 0.717) is 30.2 Å². The third kappa shape index (κ3) is 4.36. The van der Waals surface area contributed by atoms with Crippen LogP contribution >= 0.6 is 0 Å². The van der Waals surface area contributed by atoms with Crippen molar-refractivity contribution in [3.8, 4) is 17.2 Å². The van der Waals surface area contributed by atoms with Gasteiger partial charge in [-0.1, -0.05) is 18.2 Å². The first-order valence-corrected chi connectivity index (χ1v) is 11.3. The Balaban J connectivity index is 1.34. The largest absolute Gasteiger partial charge is 0.496 e. The summed E-state index contributed by atoms with van der Waals surface area (Å²) in [6, 6.07) is 15.8. The number of nitro benzene ring substituents is 1. The molecule has 0 unspecified atom stereocenters. The molecule has 3 aromatic rings. The number of non-ortho nitro benzene ring substituents is 1. The molecule has 0 fully saturated rings. The molecule has 0 atom stereocenters. The molecule has 5 rings (SSSR count). The van der Waals surface area contributed by atoms with E-state index in [-0.39, 0.29) is 17.2 Å². The Bertz CT molecular complexity index is 1350. The number of hydrogen-bond acceptors (Lipinski definition) is 7. The summed E-state index contributed by atoms with van der Waals surface area (Å²) in [4.78, 5) is 25.7. The van der Waals surface area contributed by atoms with Crippen LogP contribution in [-0.4, -0.2) is 36.0 Å². The van der Waals surface area contributed by atoms with Crippen molar-refractivity contribution in [2.45, 2.75) is 19.9 Å². The van der Waals surface area contributed by atoms with Gasteiger partial charge in [-0.2, -0.15) is 0 Å². The fourth-order valence-corrected chi connectivity index (χ4v) is 4.47. The number of para-hydroxylation sites is 1. The standard InChI is InChI=1S/C27H24N2O6/c1-17-26-20(15-28(16-34-26)12-11-19-5-3-4-6-23(19)33-2)14-22-25(30)24(35-27(17)22)13-18-7-9-21(10-8-18)29(31)32/h3-10,13-14H,11-12,15-16H2,1-2H3/b24-13-. The molecular weight excluding hydrogens is 448 g/mol. The first-order chi connectivity index (χ1) is 16.9. The molecular formula is C27H24N2O6. The summed E-state index contributed by atoms with van der Waals surface area (Å²) in [6.07, 6.45) is 2.42. The van der Waals surface area contributed by atoms with E-state index < -0.39 is 4.92 Å². The Morgan fingerprint density at radius 1 is 1.14 bits per heavy atom. The highest BCUT2D eigenvalue weighted by molar-refractivity contribution is 6.15. The number of allylic oxidation sites excluding steroid dienone is 1. The van der Waals surface area contributed by atoms with E-state index in [1.807, 2.05) is 31.2 Å². The fourth-order valence-electron chi connectivity index (χ4n) is 4.47. The number of Topliss-reactive ketones (excluding diaryl/α,β-unsaturated/α-hetero) is 1. The second-order valence-corrected chi connectivity index (χ2v) is 8.54. The van der Waals surface area contributed by atoms with Crippen LogP contribution in [0.25, 0.3) is 6.08 Å². The van der Waals surface area contributed by atoms with Crippen LogP contribution < -0.4 is 14.2 Å². The van der Waals surface area contributed by atoms with Gasteiger partial charge in [0.05, 0.1) is 17.6 Å². The van der Waals surface area contributed by atoms with Crippen molar-refractivity contribution in [3.05, 3.63) is 98.3 Å². The maximum atomic E-state index is 13.1. The average Bonchev–Trinajstić information content (AvgIpc) is 3.18. The molecule has 0 aromatic heterocycles. The Labute approximate surface area is 202 Å². The number of nitro groups is 1. The summed E-state index contributed by atoms with van der Waals surface area (Å²) in [5.41, 5.74) is 4.02. The van der Waals surface area contributed by atoms with Crippen LogP contribution in [0.4, 0.5) is 5.69 Å². The zero-order valence-electron chi connectivity index (χ0n) is 19.4. The lowest BCUT2D eigenvalue weighted by Gasteiger charge is -2.30. The molecule has 3 aromatic carbocycles. The Hall–Kier alpha value is -4.17. The topological polar surface area (TPSA) is 91.1 Å². The van der Waals surface area contributed by atoms with E-state index in [2.05, 4.69) is 11.0 Å². The SMILES string of the molecule is COc1ccccc1CCN1COc2c(cc3c(c2C)O/C(=C\c2ccc([N+](=O)[O-])cc2)C3=O)C1. The van der Waals surface area contributed by atoms with Gasteiger partial charge >= 0.3 is 0 Å². The van der Waals surface area contributed by atoms with Crippen molar-refractivity contribution in [2.75, 3.05) is 20.4 Å². The monoisotopic (exact) mass is 472 g/mol. The Kier molecular flexibility index (Phi) is 5.96. The number of nitrogens with zero attached hydrogens (tertiary/aromatic N) is 2. The van der Waals surface area contributed by atoms with Gasteiger partial charge in [0.1, 0.15) is 24.0 Å². The molecule has 8 heteroatoms. The predicted molar refractivity (Wildman–Crippen MR) is 130 cm³/mol. The number of benzene rings is 3. The van der Waals surface area contributed by atoms with Gasteiger partial charge in [-0.3, -0.25) is 19.8 Å². The average molecular weight is 472 g/mol. The van der Waals surface area contributed by atoms with Gasteiger partial charge < -0.3 is 14.2 Å². The van der Waals surface area contributed by atoms with E-state index in [9.17, 15) is 14.9 Å². The maximum Gasteiger partial charge on any atom is 0.269 e. The summed E-state index contributed by atoms with van der Waals surface area (Å²) in [5, 5.41) is 10.9. The molecule has 0 bridgehead atoms. The summed E-state index contributed by atoms with van der Waals surface area (Å²) in [6.45, 7) is 3.78. The molecule has 0 N–H and O–H groups in total. The normalized spacial score (nSPS) is 15.8. The number of rotatable bonds is 6. The lowest BCUT2D eigenvalue weighted by atomic mass is 9.99. The number of hydrogen-bond donors (Lipinski definition) is 0. The zero-order valence-corrected chi connectivity index (χ0v) is 19.4. The van der Waals surface area contributed by atoms with Crippen LogP contribution in [0.1, 0.15) is 32.6 Å². The minimum absolute atomic E-state index is 0.00923. The van der Waals surface area contributed by atoms with Gasteiger partial charge in [-0.05, 0) is 54.8 Å². The van der Waals surface area contributed by atoms with Crippen LogP contribution in [0.5, 0.6) is 17.2 Å². The number of ketones is 1. The molecule has 0 amide bonds. The molecule has 2 aliphatic heterocycles. The van der Waals surface area contributed by atoms with E-state index in [4.69, 9.17) is 14.2 Å². The van der Waals surface area contributed by atoms with Crippen molar-refractivity contribution in [1.29, 1.82) is 0 Å². The summed E-state index contributed by atoms with van der Waals surface area (Å²) in [7, 11) is 1.67. The summed E-state index contributed by atoms with van der Waals surface area (Å²) < 4.78 is 17.5. The van der Waals surface area contributed by atoms with Crippen molar-refractivity contribution >= 4 is 17.5 Å². The number of ether oxygens (including phenoxy) is 3. The maximum absolute atomic E-state index is 13.1. The van der Waals surface area contributed by atoms with E-state index in [1.165, 1.54) is 12.1 Å². The molecule has 178 valence electrons. The third-order valence-corrected chi connectivity index (χ3v) is 6.29. The lowest BCUT2D eigenvalue weighted by molar-refractivity contribution is -0.384. The molecule has 0 aliphatic carbocycles. The van der Waals surface area contributed by atoms with E-state index >= 15 is 0 Å². The van der Waals surface area contributed by atoms with Gasteiger partial charge in [0.2, 0.25) is 5.78 Å². The van der Waals surface area contributed by atoms with Crippen molar-refractivity contribution in [1.82, 2.24) is 4.90 Å². The van der Waals surface area contributed by atoms with Crippen LogP contribution in [0, 0.1) is 17.0 Å². The number of carbonyl (C=O) groups excluding carboxylic acids is 1. The summed E-state index contributed by atoms with van der Waals surface area (Å²) in [5.74, 6) is 2.10. The van der Waals surface area contributed by atoms with Gasteiger partial charge in [-0.15, -0.1) is 0 Å². The van der Waals surface area contributed by atoms with E-state index in [1.54, 1.807) is 25.3 Å². The van der Waals surface area contributed by atoms with Crippen LogP contribution in [-0.2, 0) is 13.0 Å². The van der Waals surface area contributed by atoms with Crippen molar-refractivity contribution in [3.63, 3.8) is 0 Å². The highest BCUT2D eigenvalue weighted by Gasteiger charge is 2.33. The Morgan fingerprint density at radius 3 is 2.66 bits per heavy atom. The number of carbonyl (C=O) groups is 1. The Morgan fingerprint density at radius 2 is 1.91 bits per heavy atom. The molecule has 35 heavy (non-hydrogen) atoms. The number of methoxy groups -OCH3 is 1. The van der Waals surface area contributed by atoms with Gasteiger partial charge in [0.15, 0.2) is 5.76 Å². The van der Waals surface area contributed by atoms with Crippen molar-refractivity contribution < 1.29 is 23.9 Å². The molecule has 0 saturated heterocycles. The first-order valence-electron chi connectivity index (χ1n) is 11.3. The first kappa shape index (κ1) is 22.6. The quantitative estimate of drug-likeness (QED) is 0.286. The minimum Gasteiger partial charge on any atom is -0.496 e. The van der Waals surface area contributed by atoms with E-state index in [0.717, 1.165) is 41.2 Å². The van der Waals surface area contributed by atoms with Crippen LogP contribution in [0.15, 0.2) is 60.4 Å². The predicted octanol–water partition coefficient (Wildman–Crippen LogP) is 4.92. The molecule has 0 spiro atoms. The summed E-state index contributed by atoms with van der Waals surface area (Å²) >= 11 is 0. The molecule has 8 nitrogen and oxygen atoms in total. The smallest absolute Gasteiger partial charge is 0.269 e. The molecule has 2 heterocycles. The van der Waals surface area contributed by atoms with Gasteiger partial charge in [0, 0.05) is 36.3 Å². The third-order valence-electron chi connectivity index (χ3n) is 6.29. The minimum atomic E-state index is -0.461. The number of fused-ring (bicyclic) bond motifs is 2. The van der Waals surface area contributed by atoms with Crippen LogP contribution in [0.2, 0.25) is 0 Å². The van der Waals surface area contributed by atoms with Gasteiger partial charge in [-0.25, -0.2) is 0 Å². The molecule has 2 aliphatic rings. The highest BCUT2D eigenvalue weighted by atomic mass is 16.6. The molecule has 0 radical (unpaired) electrons.